The summed E-state index contributed by atoms with van der Waals surface area (Å²) < 4.78 is 32.8. The largest absolute Gasteiger partial charge is 0.379 e. The first kappa shape index (κ1) is 20.1. The first-order chi connectivity index (χ1) is 13.9. The number of fused-ring (bicyclic) bond motifs is 1. The highest BCUT2D eigenvalue weighted by Crippen LogP contribution is 2.26. The average molecular weight is 415 g/mol. The fraction of sp³-hybridized carbons (Fsp3) is 0.409. The highest BCUT2D eigenvalue weighted by Gasteiger charge is 2.28. The van der Waals surface area contributed by atoms with Crippen LogP contribution in [0.25, 0.3) is 0 Å². The van der Waals surface area contributed by atoms with Gasteiger partial charge < -0.3 is 10.1 Å². The summed E-state index contributed by atoms with van der Waals surface area (Å²) in [4.78, 5) is 13.0. The molecule has 0 unspecified atom stereocenters. The van der Waals surface area contributed by atoms with E-state index in [-0.39, 0.29) is 10.8 Å². The molecule has 2 aromatic carbocycles. The van der Waals surface area contributed by atoms with Crippen LogP contribution in [-0.2, 0) is 27.6 Å². The molecule has 1 aliphatic carbocycles. The summed E-state index contributed by atoms with van der Waals surface area (Å²) in [5.74, 6) is -0.225. The van der Waals surface area contributed by atoms with Crippen molar-refractivity contribution in [2.45, 2.75) is 37.5 Å². The molecular weight excluding hydrogens is 388 g/mol. The number of carbonyl (C=O) groups is 1. The molecular formula is C22H26N2O4S. The number of nitrogens with zero attached hydrogens (tertiary/aromatic N) is 1. The summed E-state index contributed by atoms with van der Waals surface area (Å²) in [6.45, 7) is 3.24. The molecule has 0 saturated carbocycles. The standard InChI is InChI=1S/C22H26N2O4S/c1-16-6-9-20(15-21(16)29(26,27)24-10-12-28-13-11-24)23-22(25)19-8-7-17-4-2-3-5-18(17)14-19/h6-9,14-15H,2-5,10-13H2,1H3,(H,23,25). The third-order valence-corrected chi connectivity index (χ3v) is 7.69. The third-order valence-electron chi connectivity index (χ3n) is 5.64. The lowest BCUT2D eigenvalue weighted by Crippen LogP contribution is -2.40. The normalized spacial score (nSPS) is 17.6. The number of carbonyl (C=O) groups excluding carboxylic acids is 1. The predicted octanol–water partition coefficient (Wildman–Crippen LogP) is 3.15. The van der Waals surface area contributed by atoms with Gasteiger partial charge in [0.25, 0.3) is 5.91 Å². The molecule has 1 fully saturated rings. The lowest BCUT2D eigenvalue weighted by molar-refractivity contribution is 0.0730. The van der Waals surface area contributed by atoms with E-state index in [1.165, 1.54) is 21.9 Å². The summed E-state index contributed by atoms with van der Waals surface area (Å²) >= 11 is 0. The van der Waals surface area contributed by atoms with Crippen LogP contribution in [0, 0.1) is 6.92 Å². The van der Waals surface area contributed by atoms with Crippen molar-refractivity contribution < 1.29 is 17.9 Å². The Hall–Kier alpha value is -2.22. The van der Waals surface area contributed by atoms with Gasteiger partial charge in [-0.1, -0.05) is 12.1 Å². The maximum absolute atomic E-state index is 13.0. The zero-order valence-electron chi connectivity index (χ0n) is 16.6. The number of hydrogen-bond acceptors (Lipinski definition) is 4. The zero-order chi connectivity index (χ0) is 20.4. The third kappa shape index (κ3) is 4.22. The molecule has 0 atom stereocenters. The molecule has 1 aliphatic heterocycles. The van der Waals surface area contributed by atoms with Crippen molar-refractivity contribution in [2.24, 2.45) is 0 Å². The van der Waals surface area contributed by atoms with Crippen LogP contribution in [0.1, 0.15) is 39.9 Å². The summed E-state index contributed by atoms with van der Waals surface area (Å²) in [6.07, 6.45) is 4.42. The van der Waals surface area contributed by atoms with E-state index in [9.17, 15) is 13.2 Å². The maximum Gasteiger partial charge on any atom is 0.255 e. The summed E-state index contributed by atoms with van der Waals surface area (Å²) in [6, 6.07) is 10.9. The number of ether oxygens (including phenoxy) is 1. The number of aryl methyl sites for hydroxylation is 3. The van der Waals surface area contributed by atoms with Crippen LogP contribution < -0.4 is 5.32 Å². The molecule has 154 valence electrons. The molecule has 0 aromatic heterocycles. The van der Waals surface area contributed by atoms with E-state index >= 15 is 0 Å². The lowest BCUT2D eigenvalue weighted by atomic mass is 9.90. The van der Waals surface area contributed by atoms with Gasteiger partial charge in [0.1, 0.15) is 0 Å². The minimum atomic E-state index is -3.63. The second-order valence-corrected chi connectivity index (χ2v) is 9.55. The van der Waals surface area contributed by atoms with Crippen LogP contribution in [0.5, 0.6) is 0 Å². The molecule has 1 amide bonds. The Kier molecular flexibility index (Phi) is 5.72. The number of sulfonamides is 1. The van der Waals surface area contributed by atoms with E-state index in [4.69, 9.17) is 4.74 Å². The van der Waals surface area contributed by atoms with Crippen LogP contribution in [-0.4, -0.2) is 44.9 Å². The number of benzene rings is 2. The number of anilines is 1. The quantitative estimate of drug-likeness (QED) is 0.834. The van der Waals surface area contributed by atoms with Gasteiger partial charge in [-0.25, -0.2) is 8.42 Å². The molecule has 29 heavy (non-hydrogen) atoms. The molecule has 4 rings (SSSR count). The Morgan fingerprint density at radius 1 is 1.00 bits per heavy atom. The molecule has 0 spiro atoms. The van der Waals surface area contributed by atoms with Crippen molar-refractivity contribution in [3.05, 3.63) is 58.7 Å². The highest BCUT2D eigenvalue weighted by molar-refractivity contribution is 7.89. The summed E-state index contributed by atoms with van der Waals surface area (Å²) in [5, 5.41) is 2.86. The van der Waals surface area contributed by atoms with Crippen molar-refractivity contribution in [3.8, 4) is 0 Å². The van der Waals surface area contributed by atoms with Gasteiger partial charge in [0.15, 0.2) is 0 Å². The molecule has 0 radical (unpaired) electrons. The molecule has 1 N–H and O–H groups in total. The van der Waals surface area contributed by atoms with Gasteiger partial charge in [0.2, 0.25) is 10.0 Å². The first-order valence-corrected chi connectivity index (χ1v) is 11.5. The monoisotopic (exact) mass is 414 g/mol. The van der Waals surface area contributed by atoms with Crippen LogP contribution in [0.15, 0.2) is 41.3 Å². The highest BCUT2D eigenvalue weighted by atomic mass is 32.2. The Morgan fingerprint density at radius 2 is 1.72 bits per heavy atom. The van der Waals surface area contributed by atoms with E-state index in [1.807, 2.05) is 18.2 Å². The van der Waals surface area contributed by atoms with Gasteiger partial charge in [-0.05, 0) is 73.6 Å². The second kappa shape index (κ2) is 8.26. The molecule has 6 nitrogen and oxygen atoms in total. The van der Waals surface area contributed by atoms with Crippen LogP contribution in [0.2, 0.25) is 0 Å². The number of nitrogens with one attached hydrogen (secondary N) is 1. The van der Waals surface area contributed by atoms with E-state index in [1.54, 1.807) is 25.1 Å². The Bertz CT molecular complexity index is 1030. The lowest BCUT2D eigenvalue weighted by Gasteiger charge is -2.26. The van der Waals surface area contributed by atoms with Gasteiger partial charge in [0, 0.05) is 24.3 Å². The van der Waals surface area contributed by atoms with E-state index in [0.717, 1.165) is 19.3 Å². The van der Waals surface area contributed by atoms with Gasteiger partial charge >= 0.3 is 0 Å². The molecule has 2 aliphatic rings. The van der Waals surface area contributed by atoms with Crippen molar-refractivity contribution in [1.29, 1.82) is 0 Å². The molecule has 2 aromatic rings. The fourth-order valence-corrected chi connectivity index (χ4v) is 5.62. The Labute approximate surface area is 171 Å². The van der Waals surface area contributed by atoms with Crippen molar-refractivity contribution >= 4 is 21.6 Å². The Balaban J connectivity index is 1.57. The number of rotatable bonds is 4. The van der Waals surface area contributed by atoms with Gasteiger partial charge in [-0.2, -0.15) is 4.31 Å². The second-order valence-electron chi connectivity index (χ2n) is 7.64. The van der Waals surface area contributed by atoms with Gasteiger partial charge in [-0.15, -0.1) is 0 Å². The minimum Gasteiger partial charge on any atom is -0.379 e. The Morgan fingerprint density at radius 3 is 2.48 bits per heavy atom. The van der Waals surface area contributed by atoms with Gasteiger partial charge in [-0.3, -0.25) is 4.79 Å². The predicted molar refractivity (Wildman–Crippen MR) is 112 cm³/mol. The fourth-order valence-electron chi connectivity index (χ4n) is 3.96. The smallest absolute Gasteiger partial charge is 0.255 e. The zero-order valence-corrected chi connectivity index (χ0v) is 17.4. The van der Waals surface area contributed by atoms with Crippen molar-refractivity contribution in [1.82, 2.24) is 4.31 Å². The van der Waals surface area contributed by atoms with E-state index in [0.29, 0.717) is 43.1 Å². The van der Waals surface area contributed by atoms with Crippen molar-refractivity contribution in [3.63, 3.8) is 0 Å². The van der Waals surface area contributed by atoms with Crippen LogP contribution in [0.4, 0.5) is 5.69 Å². The first-order valence-electron chi connectivity index (χ1n) is 10.1. The molecule has 0 bridgehead atoms. The van der Waals surface area contributed by atoms with E-state index in [2.05, 4.69) is 5.32 Å². The number of morpholine rings is 1. The summed E-state index contributed by atoms with van der Waals surface area (Å²) in [7, 11) is -3.63. The van der Waals surface area contributed by atoms with Gasteiger partial charge in [0.05, 0.1) is 18.1 Å². The van der Waals surface area contributed by atoms with Crippen LogP contribution >= 0.6 is 0 Å². The molecule has 7 heteroatoms. The molecule has 1 saturated heterocycles. The average Bonchev–Trinajstić information content (AvgIpc) is 2.75. The van der Waals surface area contributed by atoms with Crippen molar-refractivity contribution in [2.75, 3.05) is 31.6 Å². The minimum absolute atomic E-state index is 0.225. The number of hydrogen-bond donors (Lipinski definition) is 1. The molecule has 1 heterocycles. The maximum atomic E-state index is 13.0. The topological polar surface area (TPSA) is 75.7 Å². The van der Waals surface area contributed by atoms with Crippen LogP contribution in [0.3, 0.4) is 0 Å². The van der Waals surface area contributed by atoms with E-state index < -0.39 is 10.0 Å². The summed E-state index contributed by atoms with van der Waals surface area (Å²) in [5.41, 5.74) is 4.29. The number of amides is 1. The SMILES string of the molecule is Cc1ccc(NC(=O)c2ccc3c(c2)CCCC3)cc1S(=O)(=O)N1CCOCC1.